The zero-order chi connectivity index (χ0) is 10.7. The molecule has 0 spiro atoms. The van der Waals surface area contributed by atoms with Crippen LogP contribution in [0.2, 0.25) is 0 Å². The highest BCUT2D eigenvalue weighted by Gasteiger charge is 2.18. The highest BCUT2D eigenvalue weighted by atomic mass is 15.1. The van der Waals surface area contributed by atoms with Gasteiger partial charge in [-0.1, -0.05) is 5.47 Å². The highest BCUT2D eigenvalue weighted by molar-refractivity contribution is 6.22. The maximum absolute atomic E-state index is 5.70. The van der Waals surface area contributed by atoms with Crippen LogP contribution in [0.4, 0.5) is 0 Å². The number of aliphatic imine (C=N–C) groups is 1. The van der Waals surface area contributed by atoms with Crippen molar-refractivity contribution < 1.29 is 0 Å². The van der Waals surface area contributed by atoms with Crippen LogP contribution in [0.15, 0.2) is 16.7 Å². The number of nitrogens with zero attached hydrogens (tertiary/aromatic N) is 2. The first-order chi connectivity index (χ1) is 7.24. The minimum Gasteiger partial charge on any atom is -0.306 e. The van der Waals surface area contributed by atoms with E-state index in [1.165, 1.54) is 38.1 Å². The molecular formula is C12H19BN2. The fourth-order valence-corrected chi connectivity index (χ4v) is 2.35. The fourth-order valence-electron chi connectivity index (χ4n) is 2.35. The Balaban J connectivity index is 1.82. The SMILES string of the molecule is [B]C1=CN=C(CC2CCN(C)CC2)CC1. The third-order valence-corrected chi connectivity index (χ3v) is 3.48. The van der Waals surface area contributed by atoms with Gasteiger partial charge in [0, 0.05) is 11.9 Å². The Bertz CT molecular complexity index is 275. The van der Waals surface area contributed by atoms with Gasteiger partial charge in [0.2, 0.25) is 0 Å². The van der Waals surface area contributed by atoms with Crippen LogP contribution in [-0.2, 0) is 0 Å². The zero-order valence-corrected chi connectivity index (χ0v) is 9.58. The van der Waals surface area contributed by atoms with Crippen molar-refractivity contribution in [2.45, 2.75) is 32.1 Å². The number of likely N-dealkylation sites (tertiary alicyclic amines) is 1. The summed E-state index contributed by atoms with van der Waals surface area (Å²) in [5, 5.41) is 0. The summed E-state index contributed by atoms with van der Waals surface area (Å²) in [6.45, 7) is 2.49. The van der Waals surface area contributed by atoms with Crippen molar-refractivity contribution in [1.29, 1.82) is 0 Å². The van der Waals surface area contributed by atoms with Crippen molar-refractivity contribution in [2.75, 3.05) is 20.1 Å². The molecule has 3 heteroatoms. The van der Waals surface area contributed by atoms with Gasteiger partial charge in [0.15, 0.2) is 0 Å². The molecule has 2 nitrogen and oxygen atoms in total. The van der Waals surface area contributed by atoms with E-state index in [0.717, 1.165) is 24.2 Å². The van der Waals surface area contributed by atoms with Crippen LogP contribution in [0.5, 0.6) is 0 Å². The van der Waals surface area contributed by atoms with Gasteiger partial charge in [-0.05, 0) is 58.2 Å². The van der Waals surface area contributed by atoms with E-state index in [9.17, 15) is 0 Å². The second kappa shape index (κ2) is 4.97. The minimum absolute atomic E-state index is 0.854. The molecule has 80 valence electrons. The molecule has 2 rings (SSSR count). The van der Waals surface area contributed by atoms with Gasteiger partial charge < -0.3 is 4.90 Å². The van der Waals surface area contributed by atoms with Gasteiger partial charge in [-0.25, -0.2) is 0 Å². The quantitative estimate of drug-likeness (QED) is 0.625. The first-order valence-electron chi connectivity index (χ1n) is 5.92. The molecule has 0 aromatic rings. The van der Waals surface area contributed by atoms with Gasteiger partial charge in [-0.3, -0.25) is 4.99 Å². The zero-order valence-electron chi connectivity index (χ0n) is 9.58. The second-order valence-electron chi connectivity index (χ2n) is 4.85. The van der Waals surface area contributed by atoms with E-state index in [1.807, 2.05) is 6.20 Å². The summed E-state index contributed by atoms with van der Waals surface area (Å²) in [4.78, 5) is 6.85. The van der Waals surface area contributed by atoms with Gasteiger partial charge in [-0.2, -0.15) is 0 Å². The molecule has 1 fully saturated rings. The van der Waals surface area contributed by atoms with E-state index < -0.39 is 0 Å². The monoisotopic (exact) mass is 202 g/mol. The molecule has 0 amide bonds. The van der Waals surface area contributed by atoms with E-state index in [1.54, 1.807) is 0 Å². The standard InChI is InChI=1S/C12H19BN2/c1-15-6-4-10(5-7-15)8-12-3-2-11(13)9-14-12/h9-10H,2-8H2,1H3. The van der Waals surface area contributed by atoms with Gasteiger partial charge in [0.1, 0.15) is 7.85 Å². The summed E-state index contributed by atoms with van der Waals surface area (Å²) in [5.74, 6) is 0.854. The molecule has 0 saturated carbocycles. The molecule has 0 aliphatic carbocycles. The predicted molar refractivity (Wildman–Crippen MR) is 65.3 cm³/mol. The van der Waals surface area contributed by atoms with Gasteiger partial charge in [0.25, 0.3) is 0 Å². The lowest BCUT2D eigenvalue weighted by Gasteiger charge is -2.29. The van der Waals surface area contributed by atoms with Crippen LogP contribution in [-0.4, -0.2) is 38.6 Å². The van der Waals surface area contributed by atoms with E-state index in [0.29, 0.717) is 0 Å². The molecule has 0 aromatic carbocycles. The fraction of sp³-hybridized carbons (Fsp3) is 0.750. The summed E-state index contributed by atoms with van der Waals surface area (Å²) < 4.78 is 0. The lowest BCUT2D eigenvalue weighted by atomic mass is 9.85. The van der Waals surface area contributed by atoms with Crippen molar-refractivity contribution in [2.24, 2.45) is 10.9 Å². The highest BCUT2D eigenvalue weighted by Crippen LogP contribution is 2.23. The molecule has 0 unspecified atom stereocenters. The van der Waals surface area contributed by atoms with Crippen LogP contribution in [0, 0.1) is 5.92 Å². The van der Waals surface area contributed by atoms with Crippen molar-refractivity contribution in [1.82, 2.24) is 4.90 Å². The Labute approximate surface area is 93.9 Å². The average molecular weight is 202 g/mol. The third-order valence-electron chi connectivity index (χ3n) is 3.48. The maximum Gasteiger partial charge on any atom is 0.109 e. The van der Waals surface area contributed by atoms with Gasteiger partial charge in [-0.15, -0.1) is 0 Å². The summed E-state index contributed by atoms with van der Waals surface area (Å²) in [7, 11) is 7.90. The Morgan fingerprint density at radius 3 is 2.73 bits per heavy atom. The Morgan fingerprint density at radius 1 is 1.40 bits per heavy atom. The second-order valence-corrected chi connectivity index (χ2v) is 4.85. The lowest BCUT2D eigenvalue weighted by Crippen LogP contribution is -2.31. The Morgan fingerprint density at radius 2 is 2.13 bits per heavy atom. The molecule has 0 bridgehead atoms. The molecule has 0 N–H and O–H groups in total. The van der Waals surface area contributed by atoms with Crippen LogP contribution < -0.4 is 0 Å². The van der Waals surface area contributed by atoms with E-state index in [-0.39, 0.29) is 0 Å². The van der Waals surface area contributed by atoms with Crippen molar-refractivity contribution >= 4 is 13.6 Å². The topological polar surface area (TPSA) is 15.6 Å². The van der Waals surface area contributed by atoms with E-state index >= 15 is 0 Å². The molecular weight excluding hydrogens is 183 g/mol. The molecule has 2 aliphatic rings. The van der Waals surface area contributed by atoms with Crippen molar-refractivity contribution in [3.63, 3.8) is 0 Å². The van der Waals surface area contributed by atoms with Crippen molar-refractivity contribution in [3.8, 4) is 0 Å². The van der Waals surface area contributed by atoms with Gasteiger partial charge >= 0.3 is 0 Å². The Kier molecular flexibility index (Phi) is 3.63. The van der Waals surface area contributed by atoms with Crippen LogP contribution in [0.25, 0.3) is 0 Å². The molecule has 1 saturated heterocycles. The smallest absolute Gasteiger partial charge is 0.109 e. The van der Waals surface area contributed by atoms with Crippen LogP contribution in [0.1, 0.15) is 32.1 Å². The summed E-state index contributed by atoms with van der Waals surface area (Å²) in [6, 6.07) is 0. The minimum atomic E-state index is 0.854. The Hall–Kier alpha value is -0.565. The van der Waals surface area contributed by atoms with Crippen molar-refractivity contribution in [3.05, 3.63) is 11.7 Å². The maximum atomic E-state index is 5.70. The number of hydrogen-bond acceptors (Lipinski definition) is 2. The third kappa shape index (κ3) is 3.20. The predicted octanol–water partition coefficient (Wildman–Crippen LogP) is 1.96. The first kappa shape index (κ1) is 10.9. The number of allylic oxidation sites excluding steroid dienone is 1. The summed E-state index contributed by atoms with van der Waals surface area (Å²) in [6.07, 6.45) is 7.77. The van der Waals surface area contributed by atoms with E-state index in [2.05, 4.69) is 16.9 Å². The number of hydrogen-bond donors (Lipinski definition) is 0. The molecule has 0 atom stereocenters. The van der Waals surface area contributed by atoms with E-state index in [4.69, 9.17) is 7.85 Å². The summed E-state index contributed by atoms with van der Waals surface area (Å²) in [5.41, 5.74) is 2.29. The lowest BCUT2D eigenvalue weighted by molar-refractivity contribution is 0.223. The van der Waals surface area contributed by atoms with Gasteiger partial charge in [0.05, 0.1) is 0 Å². The molecule has 2 radical (unpaired) electrons. The molecule has 2 heterocycles. The molecule has 15 heavy (non-hydrogen) atoms. The normalized spacial score (nSPS) is 24.9. The molecule has 0 aromatic heterocycles. The largest absolute Gasteiger partial charge is 0.306 e. The molecule has 2 aliphatic heterocycles. The summed E-state index contributed by atoms with van der Waals surface area (Å²) >= 11 is 0. The number of piperidine rings is 1. The van der Waals surface area contributed by atoms with Crippen LogP contribution >= 0.6 is 0 Å². The average Bonchev–Trinajstić information content (AvgIpc) is 2.25. The number of rotatable bonds is 2. The van der Waals surface area contributed by atoms with Crippen LogP contribution in [0.3, 0.4) is 0 Å². The first-order valence-corrected chi connectivity index (χ1v) is 5.92.